The van der Waals surface area contributed by atoms with Crippen LogP contribution in [-0.4, -0.2) is 36.2 Å². The summed E-state index contributed by atoms with van der Waals surface area (Å²) in [5.74, 6) is 1.32. The minimum absolute atomic E-state index is 0.135. The molecule has 0 unspecified atom stereocenters. The minimum Gasteiger partial charge on any atom is -0.454 e. The van der Waals surface area contributed by atoms with Crippen molar-refractivity contribution >= 4 is 17.7 Å². The molecular formula is C17H26N2O2S. The zero-order valence-corrected chi connectivity index (χ0v) is 14.2. The predicted molar refractivity (Wildman–Crippen MR) is 88.9 cm³/mol. The van der Waals surface area contributed by atoms with Gasteiger partial charge in [-0.1, -0.05) is 31.0 Å². The van der Waals surface area contributed by atoms with Gasteiger partial charge in [-0.2, -0.15) is 0 Å². The van der Waals surface area contributed by atoms with Crippen LogP contribution in [0.3, 0.4) is 0 Å². The predicted octanol–water partition coefficient (Wildman–Crippen LogP) is 3.27. The van der Waals surface area contributed by atoms with Crippen molar-refractivity contribution in [3.63, 3.8) is 0 Å². The Labute approximate surface area is 137 Å². The second-order valence-corrected chi connectivity index (χ2v) is 7.74. The van der Waals surface area contributed by atoms with Gasteiger partial charge in [0.05, 0.1) is 12.5 Å². The first kappa shape index (κ1) is 15.9. The molecule has 1 aromatic rings. The third-order valence-corrected chi connectivity index (χ3v) is 6.00. The fourth-order valence-electron chi connectivity index (χ4n) is 3.47. The maximum Gasteiger partial charge on any atom is 0.224 e. The molecule has 2 aliphatic rings. The van der Waals surface area contributed by atoms with Crippen LogP contribution in [0.1, 0.15) is 44.3 Å². The molecule has 1 saturated heterocycles. The number of hydrogen-bond donors (Lipinski definition) is 1. The highest BCUT2D eigenvalue weighted by Gasteiger charge is 2.28. The maximum atomic E-state index is 11.7. The third-order valence-electron chi connectivity index (χ3n) is 4.74. The molecule has 22 heavy (non-hydrogen) atoms. The Balaban J connectivity index is 1.48. The maximum absolute atomic E-state index is 11.7. The van der Waals surface area contributed by atoms with Crippen molar-refractivity contribution in [2.45, 2.75) is 55.4 Å². The number of carbonyl (C=O) groups excluding carboxylic acids is 1. The van der Waals surface area contributed by atoms with E-state index >= 15 is 0 Å². The van der Waals surface area contributed by atoms with Crippen molar-refractivity contribution in [3.05, 3.63) is 17.9 Å². The molecule has 2 heterocycles. The molecule has 1 atom stereocenters. The van der Waals surface area contributed by atoms with Gasteiger partial charge in [-0.05, 0) is 37.9 Å². The Bertz CT molecular complexity index is 497. The normalized spacial score (nSPS) is 23.8. The van der Waals surface area contributed by atoms with Crippen LogP contribution in [-0.2, 0) is 11.3 Å². The van der Waals surface area contributed by atoms with Crippen molar-refractivity contribution in [1.82, 2.24) is 10.2 Å². The molecule has 1 aliphatic heterocycles. The largest absolute Gasteiger partial charge is 0.454 e. The summed E-state index contributed by atoms with van der Waals surface area (Å²) in [4.78, 5) is 14.0. The number of nitrogens with zero attached hydrogens (tertiary/aromatic N) is 1. The summed E-state index contributed by atoms with van der Waals surface area (Å²) in [6.07, 6.45) is 7.70. The fraction of sp³-hybridized carbons (Fsp3) is 0.706. The van der Waals surface area contributed by atoms with Gasteiger partial charge in [-0.3, -0.25) is 9.69 Å². The standard InChI is InChI=1S/C17H26N2O2S/c1-18-17(20)13-9-10-19(11-13)12-14-7-8-16(21-14)22-15-5-3-2-4-6-15/h7-8,13,15H,2-6,9-12H2,1H3,(H,18,20)/t13-/m1/s1. The van der Waals surface area contributed by atoms with Crippen molar-refractivity contribution < 1.29 is 9.21 Å². The SMILES string of the molecule is CNC(=O)[C@@H]1CCN(Cc2ccc(SC3CCCCC3)o2)C1. The van der Waals surface area contributed by atoms with Crippen LogP contribution < -0.4 is 5.32 Å². The van der Waals surface area contributed by atoms with Crippen LogP contribution in [0, 0.1) is 5.92 Å². The molecule has 1 aliphatic carbocycles. The smallest absolute Gasteiger partial charge is 0.224 e. The number of likely N-dealkylation sites (tertiary alicyclic amines) is 1. The topological polar surface area (TPSA) is 45.5 Å². The van der Waals surface area contributed by atoms with Crippen LogP contribution in [0.15, 0.2) is 21.6 Å². The van der Waals surface area contributed by atoms with E-state index in [0.29, 0.717) is 0 Å². The summed E-state index contributed by atoms with van der Waals surface area (Å²) in [5, 5.41) is 4.54. The number of thioether (sulfide) groups is 1. The van der Waals surface area contributed by atoms with Crippen LogP contribution >= 0.6 is 11.8 Å². The molecule has 0 spiro atoms. The van der Waals surface area contributed by atoms with Crippen molar-refractivity contribution in [2.24, 2.45) is 5.92 Å². The van der Waals surface area contributed by atoms with Crippen molar-refractivity contribution in [1.29, 1.82) is 0 Å². The number of amides is 1. The van der Waals surface area contributed by atoms with Crippen LogP contribution in [0.25, 0.3) is 0 Å². The van der Waals surface area contributed by atoms with Gasteiger partial charge in [-0.25, -0.2) is 0 Å². The summed E-state index contributed by atoms with van der Waals surface area (Å²) in [6, 6.07) is 4.21. The Morgan fingerprint density at radius 2 is 2.14 bits per heavy atom. The van der Waals surface area contributed by atoms with E-state index in [9.17, 15) is 4.79 Å². The van der Waals surface area contributed by atoms with Gasteiger partial charge in [0, 0.05) is 18.8 Å². The fourth-order valence-corrected chi connectivity index (χ4v) is 4.67. The third kappa shape index (κ3) is 4.07. The van der Waals surface area contributed by atoms with E-state index in [-0.39, 0.29) is 11.8 Å². The number of hydrogen-bond acceptors (Lipinski definition) is 4. The molecule has 0 radical (unpaired) electrons. The van der Waals surface area contributed by atoms with E-state index in [0.717, 1.165) is 42.2 Å². The molecule has 1 aromatic heterocycles. The minimum atomic E-state index is 0.135. The van der Waals surface area contributed by atoms with Crippen LogP contribution in [0.2, 0.25) is 0 Å². The molecule has 2 fully saturated rings. The lowest BCUT2D eigenvalue weighted by Gasteiger charge is -2.19. The van der Waals surface area contributed by atoms with Crippen molar-refractivity contribution in [2.75, 3.05) is 20.1 Å². The lowest BCUT2D eigenvalue weighted by Crippen LogP contribution is -2.29. The Morgan fingerprint density at radius 1 is 1.32 bits per heavy atom. The number of carbonyl (C=O) groups is 1. The molecule has 0 bridgehead atoms. The lowest BCUT2D eigenvalue weighted by atomic mass is 10.0. The van der Waals surface area contributed by atoms with Gasteiger partial charge in [0.1, 0.15) is 5.76 Å². The molecule has 4 nitrogen and oxygen atoms in total. The van der Waals surface area contributed by atoms with E-state index in [1.54, 1.807) is 7.05 Å². The molecule has 5 heteroatoms. The first-order chi connectivity index (χ1) is 10.7. The molecule has 3 rings (SSSR count). The number of nitrogens with one attached hydrogen (secondary N) is 1. The van der Waals surface area contributed by atoms with Gasteiger partial charge in [0.15, 0.2) is 5.09 Å². The Morgan fingerprint density at radius 3 is 2.91 bits per heavy atom. The van der Waals surface area contributed by atoms with E-state index in [2.05, 4.69) is 22.3 Å². The Kier molecular flexibility index (Phi) is 5.47. The average Bonchev–Trinajstić information content (AvgIpc) is 3.18. The zero-order valence-electron chi connectivity index (χ0n) is 13.3. The molecule has 1 N–H and O–H groups in total. The highest BCUT2D eigenvalue weighted by Crippen LogP contribution is 2.34. The van der Waals surface area contributed by atoms with Crippen LogP contribution in [0.4, 0.5) is 0 Å². The second-order valence-electron chi connectivity index (χ2n) is 6.43. The summed E-state index contributed by atoms with van der Waals surface area (Å²) in [7, 11) is 1.71. The summed E-state index contributed by atoms with van der Waals surface area (Å²) >= 11 is 1.90. The zero-order chi connectivity index (χ0) is 15.4. The molecule has 0 aromatic carbocycles. The average molecular weight is 322 g/mol. The summed E-state index contributed by atoms with van der Waals surface area (Å²) in [5.41, 5.74) is 0. The summed E-state index contributed by atoms with van der Waals surface area (Å²) < 4.78 is 5.99. The van der Waals surface area contributed by atoms with E-state index < -0.39 is 0 Å². The summed E-state index contributed by atoms with van der Waals surface area (Å²) in [6.45, 7) is 2.63. The van der Waals surface area contributed by atoms with Gasteiger partial charge >= 0.3 is 0 Å². The van der Waals surface area contributed by atoms with Gasteiger partial charge in [0.25, 0.3) is 0 Å². The lowest BCUT2D eigenvalue weighted by molar-refractivity contribution is -0.124. The molecule has 122 valence electrons. The van der Waals surface area contributed by atoms with Gasteiger partial charge in [0.2, 0.25) is 5.91 Å². The van der Waals surface area contributed by atoms with E-state index in [1.807, 2.05) is 11.8 Å². The number of rotatable bonds is 5. The monoisotopic (exact) mass is 322 g/mol. The van der Waals surface area contributed by atoms with Crippen LogP contribution in [0.5, 0.6) is 0 Å². The molecule has 1 saturated carbocycles. The number of furan rings is 1. The van der Waals surface area contributed by atoms with E-state index in [1.165, 1.54) is 32.1 Å². The van der Waals surface area contributed by atoms with Crippen molar-refractivity contribution in [3.8, 4) is 0 Å². The molecule has 1 amide bonds. The highest BCUT2D eigenvalue weighted by atomic mass is 32.2. The first-order valence-corrected chi connectivity index (χ1v) is 9.32. The quantitative estimate of drug-likeness (QED) is 0.904. The Hall–Kier alpha value is -0.940. The van der Waals surface area contributed by atoms with Gasteiger partial charge in [-0.15, -0.1) is 0 Å². The first-order valence-electron chi connectivity index (χ1n) is 8.44. The van der Waals surface area contributed by atoms with E-state index in [4.69, 9.17) is 4.42 Å². The van der Waals surface area contributed by atoms with Gasteiger partial charge < -0.3 is 9.73 Å². The second kappa shape index (κ2) is 7.55. The molecular weight excluding hydrogens is 296 g/mol. The highest BCUT2D eigenvalue weighted by molar-refractivity contribution is 7.99.